The minimum Gasteiger partial charge on any atom is -0.399 e. The van der Waals surface area contributed by atoms with Crippen LogP contribution in [0.15, 0.2) is 30.5 Å². The predicted octanol–water partition coefficient (Wildman–Crippen LogP) is 1.80. The fourth-order valence-corrected chi connectivity index (χ4v) is 3.71. The fourth-order valence-electron chi connectivity index (χ4n) is 3.71. The molecule has 9 heteroatoms. The first kappa shape index (κ1) is 19.2. The number of nitrogen functional groups attached to an aromatic ring is 1. The largest absolute Gasteiger partial charge is 0.399 e. The van der Waals surface area contributed by atoms with Crippen molar-refractivity contribution in [2.75, 3.05) is 16.4 Å². The second kappa shape index (κ2) is 8.00. The molecule has 2 aromatic rings. The van der Waals surface area contributed by atoms with Crippen molar-refractivity contribution in [1.29, 1.82) is 5.26 Å². The van der Waals surface area contributed by atoms with Gasteiger partial charge in [-0.25, -0.2) is 0 Å². The average Bonchev–Trinajstić information content (AvgIpc) is 3.11. The Bertz CT molecular complexity index is 890. The molecule has 1 aromatic carbocycles. The maximum absolute atomic E-state index is 11.7. The number of nitriles is 1. The van der Waals surface area contributed by atoms with Gasteiger partial charge in [0.15, 0.2) is 5.82 Å². The highest BCUT2D eigenvalue weighted by atomic mass is 16.1. The zero-order chi connectivity index (χ0) is 20.1. The Balaban J connectivity index is 1.78. The molecule has 0 spiro atoms. The Morgan fingerprint density at radius 1 is 1.36 bits per heavy atom. The van der Waals surface area contributed by atoms with Crippen molar-refractivity contribution in [2.24, 2.45) is 5.73 Å². The molecule has 1 saturated carbocycles. The van der Waals surface area contributed by atoms with Gasteiger partial charge in [0, 0.05) is 23.6 Å². The van der Waals surface area contributed by atoms with Gasteiger partial charge < -0.3 is 22.1 Å². The summed E-state index contributed by atoms with van der Waals surface area (Å²) < 4.78 is 1.63. The number of carbonyl (C=O) groups is 2. The van der Waals surface area contributed by atoms with Crippen molar-refractivity contribution < 1.29 is 9.59 Å². The van der Waals surface area contributed by atoms with Crippen LogP contribution in [0.3, 0.4) is 0 Å². The van der Waals surface area contributed by atoms with E-state index >= 15 is 0 Å². The minimum atomic E-state index is -0.679. The van der Waals surface area contributed by atoms with E-state index in [1.807, 2.05) is 24.3 Å². The number of carbonyl (C=O) groups excluding carboxylic acids is 2. The molecule has 0 atom stereocenters. The molecular weight excluding hydrogens is 358 g/mol. The third-order valence-corrected chi connectivity index (χ3v) is 5.27. The number of nitrogens with two attached hydrogens (primary N) is 2. The van der Waals surface area contributed by atoms with Gasteiger partial charge in [0.2, 0.25) is 6.41 Å². The van der Waals surface area contributed by atoms with Crippen LogP contribution in [0.25, 0.3) is 0 Å². The van der Waals surface area contributed by atoms with Crippen LogP contribution < -0.4 is 22.1 Å². The van der Waals surface area contributed by atoms with E-state index in [1.54, 1.807) is 4.68 Å². The Hall–Kier alpha value is -3.54. The average molecular weight is 381 g/mol. The van der Waals surface area contributed by atoms with E-state index in [-0.39, 0.29) is 23.8 Å². The smallest absolute Gasteiger partial charge is 0.254 e. The van der Waals surface area contributed by atoms with Crippen LogP contribution >= 0.6 is 0 Å². The van der Waals surface area contributed by atoms with Crippen molar-refractivity contribution >= 4 is 29.5 Å². The number of primary amides is 1. The van der Waals surface area contributed by atoms with E-state index in [0.717, 1.165) is 18.5 Å². The molecule has 6 N–H and O–H groups in total. The zero-order valence-electron chi connectivity index (χ0n) is 15.4. The molecule has 1 aliphatic carbocycles. The second-order valence-electron chi connectivity index (χ2n) is 7.06. The molecular formula is C19H23N7O2. The second-order valence-corrected chi connectivity index (χ2v) is 7.06. The van der Waals surface area contributed by atoms with Crippen molar-refractivity contribution in [2.45, 2.75) is 43.7 Å². The standard InChI is InChI=1S/C19H23N7O2/c20-10-9-19(26-11-16(17(22)28)18(25-26)23-12-27)7-5-15(6-8-19)24-14-3-1-13(21)2-4-14/h1-4,11-12,15,24H,5-9,21H2,(H2,22,28)(H,23,25,27). The van der Waals surface area contributed by atoms with Gasteiger partial charge in [-0.15, -0.1) is 0 Å². The summed E-state index contributed by atoms with van der Waals surface area (Å²) >= 11 is 0. The van der Waals surface area contributed by atoms with E-state index < -0.39 is 11.4 Å². The number of hydrogen-bond acceptors (Lipinski definition) is 6. The molecule has 2 amide bonds. The maximum Gasteiger partial charge on any atom is 0.254 e. The summed E-state index contributed by atoms with van der Waals surface area (Å²) in [4.78, 5) is 22.5. The van der Waals surface area contributed by atoms with E-state index in [0.29, 0.717) is 24.9 Å². The molecule has 146 valence electrons. The van der Waals surface area contributed by atoms with Crippen LogP contribution in [0.1, 0.15) is 42.5 Å². The molecule has 0 aliphatic heterocycles. The molecule has 1 fully saturated rings. The van der Waals surface area contributed by atoms with Gasteiger partial charge in [0.25, 0.3) is 5.91 Å². The van der Waals surface area contributed by atoms with E-state index in [9.17, 15) is 14.9 Å². The van der Waals surface area contributed by atoms with Gasteiger partial charge in [-0.05, 0) is 49.9 Å². The van der Waals surface area contributed by atoms with Crippen molar-refractivity contribution in [3.63, 3.8) is 0 Å². The number of rotatable bonds is 7. The molecule has 0 radical (unpaired) electrons. The highest BCUT2D eigenvalue weighted by Gasteiger charge is 2.38. The number of hydrogen-bond donors (Lipinski definition) is 4. The van der Waals surface area contributed by atoms with E-state index in [1.165, 1.54) is 6.20 Å². The number of amides is 2. The van der Waals surface area contributed by atoms with Crippen molar-refractivity contribution in [3.05, 3.63) is 36.0 Å². The van der Waals surface area contributed by atoms with Gasteiger partial charge in [0.05, 0.1) is 18.0 Å². The minimum absolute atomic E-state index is 0.113. The van der Waals surface area contributed by atoms with Crippen LogP contribution in [-0.4, -0.2) is 28.1 Å². The summed E-state index contributed by atoms with van der Waals surface area (Å²) in [6.07, 6.45) is 5.29. The van der Waals surface area contributed by atoms with Crippen molar-refractivity contribution in [3.8, 4) is 6.07 Å². The fraction of sp³-hybridized carbons (Fsp3) is 0.368. The summed E-state index contributed by atoms with van der Waals surface area (Å²) in [6, 6.07) is 10.1. The lowest BCUT2D eigenvalue weighted by Crippen LogP contribution is -2.41. The van der Waals surface area contributed by atoms with Crippen LogP contribution in [0.5, 0.6) is 0 Å². The SMILES string of the molecule is N#CCC1(n2cc(C(N)=O)c(NC=O)n2)CCC(Nc2ccc(N)cc2)CC1. The molecule has 3 rings (SSSR count). The molecule has 0 saturated heterocycles. The van der Waals surface area contributed by atoms with Gasteiger partial charge in [-0.2, -0.15) is 10.4 Å². The van der Waals surface area contributed by atoms with E-state index in [2.05, 4.69) is 21.8 Å². The quantitative estimate of drug-likeness (QED) is 0.424. The number of nitrogens with one attached hydrogen (secondary N) is 2. The summed E-state index contributed by atoms with van der Waals surface area (Å²) in [5, 5.41) is 19.6. The van der Waals surface area contributed by atoms with Crippen LogP contribution in [-0.2, 0) is 10.3 Å². The van der Waals surface area contributed by atoms with Crippen LogP contribution in [0.2, 0.25) is 0 Å². The lowest BCUT2D eigenvalue weighted by Gasteiger charge is -2.39. The highest BCUT2D eigenvalue weighted by Crippen LogP contribution is 2.39. The third kappa shape index (κ3) is 3.91. The maximum atomic E-state index is 11.7. The number of anilines is 3. The molecule has 28 heavy (non-hydrogen) atoms. The Labute approximate surface area is 162 Å². The third-order valence-electron chi connectivity index (χ3n) is 5.27. The first-order valence-electron chi connectivity index (χ1n) is 9.06. The zero-order valence-corrected chi connectivity index (χ0v) is 15.4. The van der Waals surface area contributed by atoms with E-state index in [4.69, 9.17) is 11.5 Å². The van der Waals surface area contributed by atoms with Gasteiger partial charge >= 0.3 is 0 Å². The highest BCUT2D eigenvalue weighted by molar-refractivity contribution is 5.99. The molecule has 1 aliphatic rings. The lowest BCUT2D eigenvalue weighted by molar-refractivity contribution is -0.105. The number of aromatic nitrogens is 2. The normalized spacial score (nSPS) is 21.5. The molecule has 9 nitrogen and oxygen atoms in total. The first-order chi connectivity index (χ1) is 13.5. The Kier molecular flexibility index (Phi) is 5.49. The molecule has 1 heterocycles. The van der Waals surface area contributed by atoms with Gasteiger partial charge in [-0.3, -0.25) is 14.3 Å². The number of nitrogens with zero attached hydrogens (tertiary/aromatic N) is 3. The summed E-state index contributed by atoms with van der Waals surface area (Å²) in [5.41, 5.74) is 12.4. The summed E-state index contributed by atoms with van der Waals surface area (Å²) in [5.74, 6) is -0.566. The van der Waals surface area contributed by atoms with Gasteiger partial charge in [0.1, 0.15) is 5.56 Å². The number of benzene rings is 1. The predicted molar refractivity (Wildman–Crippen MR) is 105 cm³/mol. The first-order valence-corrected chi connectivity index (χ1v) is 9.06. The Morgan fingerprint density at radius 3 is 2.61 bits per heavy atom. The van der Waals surface area contributed by atoms with Gasteiger partial charge in [-0.1, -0.05) is 0 Å². The molecule has 1 aromatic heterocycles. The topological polar surface area (TPSA) is 152 Å². The van der Waals surface area contributed by atoms with Crippen LogP contribution in [0.4, 0.5) is 17.2 Å². The lowest BCUT2D eigenvalue weighted by atomic mass is 9.77. The summed E-state index contributed by atoms with van der Waals surface area (Å²) in [7, 11) is 0. The molecule has 0 bridgehead atoms. The van der Waals surface area contributed by atoms with Crippen LogP contribution in [0, 0.1) is 11.3 Å². The molecule has 0 unspecified atom stereocenters. The Morgan fingerprint density at radius 2 is 2.04 bits per heavy atom. The van der Waals surface area contributed by atoms with Crippen molar-refractivity contribution in [1.82, 2.24) is 9.78 Å². The monoisotopic (exact) mass is 381 g/mol. The summed E-state index contributed by atoms with van der Waals surface area (Å²) in [6.45, 7) is 0.